The predicted octanol–water partition coefficient (Wildman–Crippen LogP) is 3.00. The average molecular weight is 349 g/mol. The number of aliphatic imine (C=N–C) groups is 1. The maximum absolute atomic E-state index is 9.30. The van der Waals surface area contributed by atoms with Gasteiger partial charge < -0.3 is 20.6 Å². The zero-order valence-electron chi connectivity index (χ0n) is 16.4. The first-order valence-electron chi connectivity index (χ1n) is 9.56. The van der Waals surface area contributed by atoms with Crippen LogP contribution in [0.4, 0.5) is 0 Å². The van der Waals surface area contributed by atoms with Crippen molar-refractivity contribution in [2.75, 3.05) is 33.2 Å². The molecule has 0 heterocycles. The van der Waals surface area contributed by atoms with Gasteiger partial charge in [0, 0.05) is 19.6 Å². The van der Waals surface area contributed by atoms with Crippen molar-refractivity contribution in [1.82, 2.24) is 15.5 Å². The fourth-order valence-electron chi connectivity index (χ4n) is 2.82. The van der Waals surface area contributed by atoms with Gasteiger partial charge in [0.2, 0.25) is 0 Å². The van der Waals surface area contributed by atoms with E-state index < -0.39 is 0 Å². The summed E-state index contributed by atoms with van der Waals surface area (Å²) in [5, 5.41) is 16.2. The minimum atomic E-state index is 0.321. The van der Waals surface area contributed by atoms with Crippen LogP contribution in [-0.4, -0.2) is 55.2 Å². The molecule has 1 atom stereocenters. The summed E-state index contributed by atoms with van der Waals surface area (Å²) >= 11 is 0. The Balaban J connectivity index is 2.19. The molecule has 5 nitrogen and oxygen atoms in total. The van der Waals surface area contributed by atoms with Crippen molar-refractivity contribution in [3.05, 3.63) is 29.8 Å². The SMILES string of the molecule is CCN(CC)CCCC(C)NC(=NC)NCCCc1ccc(O)cc1. The van der Waals surface area contributed by atoms with Crippen molar-refractivity contribution in [2.45, 2.75) is 52.5 Å². The van der Waals surface area contributed by atoms with Crippen molar-refractivity contribution >= 4 is 5.96 Å². The molecule has 25 heavy (non-hydrogen) atoms. The molecular formula is C20H36N4O. The van der Waals surface area contributed by atoms with Crippen molar-refractivity contribution < 1.29 is 5.11 Å². The molecule has 0 bridgehead atoms. The molecule has 142 valence electrons. The molecule has 0 aliphatic heterocycles. The van der Waals surface area contributed by atoms with Crippen LogP contribution in [0, 0.1) is 0 Å². The van der Waals surface area contributed by atoms with Crippen LogP contribution < -0.4 is 10.6 Å². The molecule has 0 fully saturated rings. The lowest BCUT2D eigenvalue weighted by Crippen LogP contribution is -2.42. The summed E-state index contributed by atoms with van der Waals surface area (Å²) in [5.41, 5.74) is 1.24. The van der Waals surface area contributed by atoms with Crippen LogP contribution in [0.2, 0.25) is 0 Å². The van der Waals surface area contributed by atoms with Gasteiger partial charge in [-0.05, 0) is 69.9 Å². The monoisotopic (exact) mass is 348 g/mol. The zero-order chi connectivity index (χ0) is 18.5. The number of nitrogens with zero attached hydrogens (tertiary/aromatic N) is 2. The van der Waals surface area contributed by atoms with E-state index in [2.05, 4.69) is 41.3 Å². The van der Waals surface area contributed by atoms with Gasteiger partial charge in [0.1, 0.15) is 5.75 Å². The van der Waals surface area contributed by atoms with Crippen molar-refractivity contribution in [3.63, 3.8) is 0 Å². The molecule has 0 spiro atoms. The van der Waals surface area contributed by atoms with E-state index in [9.17, 15) is 5.11 Å². The number of hydrogen-bond acceptors (Lipinski definition) is 3. The van der Waals surface area contributed by atoms with Crippen LogP contribution in [-0.2, 0) is 6.42 Å². The number of phenolic OH excluding ortho intramolecular Hbond substituents is 1. The third-order valence-corrected chi connectivity index (χ3v) is 4.48. The molecule has 0 aliphatic rings. The molecule has 1 aromatic rings. The number of aromatic hydroxyl groups is 1. The van der Waals surface area contributed by atoms with E-state index in [-0.39, 0.29) is 0 Å². The normalized spacial score (nSPS) is 13.1. The van der Waals surface area contributed by atoms with E-state index in [1.807, 2.05) is 19.2 Å². The molecule has 0 aliphatic carbocycles. The Labute approximate surface area is 153 Å². The van der Waals surface area contributed by atoms with Crippen molar-refractivity contribution in [2.24, 2.45) is 4.99 Å². The number of nitrogens with one attached hydrogen (secondary N) is 2. The zero-order valence-corrected chi connectivity index (χ0v) is 16.4. The minimum absolute atomic E-state index is 0.321. The molecule has 0 saturated carbocycles. The Bertz CT molecular complexity index is 483. The Morgan fingerprint density at radius 3 is 2.44 bits per heavy atom. The van der Waals surface area contributed by atoms with Crippen LogP contribution in [0.25, 0.3) is 0 Å². The number of rotatable bonds is 11. The van der Waals surface area contributed by atoms with Gasteiger partial charge in [0.05, 0.1) is 0 Å². The van der Waals surface area contributed by atoms with E-state index in [0.717, 1.165) is 51.4 Å². The lowest BCUT2D eigenvalue weighted by molar-refractivity contribution is 0.292. The molecule has 0 aromatic heterocycles. The third-order valence-electron chi connectivity index (χ3n) is 4.48. The highest BCUT2D eigenvalue weighted by molar-refractivity contribution is 5.79. The summed E-state index contributed by atoms with van der Waals surface area (Å²) in [7, 11) is 1.82. The highest BCUT2D eigenvalue weighted by Gasteiger charge is 2.06. The number of aryl methyl sites for hydroxylation is 1. The van der Waals surface area contributed by atoms with E-state index >= 15 is 0 Å². The number of guanidine groups is 1. The molecular weight excluding hydrogens is 312 g/mol. The maximum Gasteiger partial charge on any atom is 0.191 e. The summed E-state index contributed by atoms with van der Waals surface area (Å²) < 4.78 is 0. The first kappa shape index (κ1) is 21.3. The minimum Gasteiger partial charge on any atom is -0.508 e. The Morgan fingerprint density at radius 2 is 1.84 bits per heavy atom. The lowest BCUT2D eigenvalue weighted by Gasteiger charge is -2.21. The first-order valence-corrected chi connectivity index (χ1v) is 9.56. The van der Waals surface area contributed by atoms with E-state index in [0.29, 0.717) is 11.8 Å². The van der Waals surface area contributed by atoms with Gasteiger partial charge in [-0.3, -0.25) is 4.99 Å². The first-order chi connectivity index (χ1) is 12.1. The van der Waals surface area contributed by atoms with E-state index in [4.69, 9.17) is 0 Å². The van der Waals surface area contributed by atoms with Gasteiger partial charge in [0.25, 0.3) is 0 Å². The molecule has 1 aromatic carbocycles. The van der Waals surface area contributed by atoms with Gasteiger partial charge in [-0.1, -0.05) is 26.0 Å². The number of phenols is 1. The smallest absolute Gasteiger partial charge is 0.191 e. The molecule has 3 N–H and O–H groups in total. The molecule has 0 saturated heterocycles. The van der Waals surface area contributed by atoms with Crippen LogP contribution in [0.1, 0.15) is 45.6 Å². The fourth-order valence-corrected chi connectivity index (χ4v) is 2.82. The van der Waals surface area contributed by atoms with Crippen molar-refractivity contribution in [1.29, 1.82) is 0 Å². The second kappa shape index (κ2) is 12.6. The maximum atomic E-state index is 9.30. The van der Waals surface area contributed by atoms with Crippen LogP contribution >= 0.6 is 0 Å². The summed E-state index contributed by atoms with van der Waals surface area (Å²) in [6.45, 7) is 10.9. The molecule has 0 radical (unpaired) electrons. The Hall–Kier alpha value is -1.75. The number of benzene rings is 1. The molecule has 0 amide bonds. The molecule has 1 rings (SSSR count). The largest absolute Gasteiger partial charge is 0.508 e. The highest BCUT2D eigenvalue weighted by atomic mass is 16.3. The Morgan fingerprint density at radius 1 is 1.16 bits per heavy atom. The van der Waals surface area contributed by atoms with Crippen LogP contribution in [0.5, 0.6) is 5.75 Å². The van der Waals surface area contributed by atoms with Gasteiger partial charge >= 0.3 is 0 Å². The average Bonchev–Trinajstić information content (AvgIpc) is 2.62. The lowest BCUT2D eigenvalue weighted by atomic mass is 10.1. The van der Waals surface area contributed by atoms with Crippen LogP contribution in [0.3, 0.4) is 0 Å². The molecule has 1 unspecified atom stereocenters. The Kier molecular flexibility index (Phi) is 10.7. The molecule has 5 heteroatoms. The quantitative estimate of drug-likeness (QED) is 0.327. The highest BCUT2D eigenvalue weighted by Crippen LogP contribution is 2.10. The van der Waals surface area contributed by atoms with Gasteiger partial charge in [-0.25, -0.2) is 0 Å². The van der Waals surface area contributed by atoms with E-state index in [1.165, 1.54) is 12.0 Å². The van der Waals surface area contributed by atoms with Crippen LogP contribution in [0.15, 0.2) is 29.3 Å². The topological polar surface area (TPSA) is 59.9 Å². The standard InChI is InChI=1S/C20H36N4O/c1-5-24(6-2)16-8-9-17(3)23-20(21-4)22-15-7-10-18-11-13-19(25)14-12-18/h11-14,17,25H,5-10,15-16H2,1-4H3,(H2,21,22,23). The predicted molar refractivity (Wildman–Crippen MR) is 107 cm³/mol. The van der Waals surface area contributed by atoms with Gasteiger partial charge in [-0.15, -0.1) is 0 Å². The fraction of sp³-hybridized carbons (Fsp3) is 0.650. The van der Waals surface area contributed by atoms with Gasteiger partial charge in [-0.2, -0.15) is 0 Å². The summed E-state index contributed by atoms with van der Waals surface area (Å²) in [6.07, 6.45) is 4.36. The van der Waals surface area contributed by atoms with Crippen molar-refractivity contribution in [3.8, 4) is 5.75 Å². The second-order valence-corrected chi connectivity index (χ2v) is 6.48. The van der Waals surface area contributed by atoms with E-state index in [1.54, 1.807) is 12.1 Å². The third kappa shape index (κ3) is 9.34. The second-order valence-electron chi connectivity index (χ2n) is 6.48. The van der Waals surface area contributed by atoms with Gasteiger partial charge in [0.15, 0.2) is 5.96 Å². The number of hydrogen-bond donors (Lipinski definition) is 3. The summed E-state index contributed by atoms with van der Waals surface area (Å²) in [6, 6.07) is 7.84. The summed E-state index contributed by atoms with van der Waals surface area (Å²) in [5.74, 6) is 1.20. The summed E-state index contributed by atoms with van der Waals surface area (Å²) in [4.78, 5) is 6.77.